The molecule has 0 unspecified atom stereocenters. The molecule has 1 aliphatic heterocycles. The Morgan fingerprint density at radius 1 is 1.26 bits per heavy atom. The molecule has 0 radical (unpaired) electrons. The van der Waals surface area contributed by atoms with Gasteiger partial charge in [-0.15, -0.1) is 5.10 Å². The molecule has 2 aromatic rings. The first-order valence-electron chi connectivity index (χ1n) is 9.27. The fraction of sp³-hybridized carbons (Fsp3) is 0.474. The van der Waals surface area contributed by atoms with Crippen molar-refractivity contribution in [2.75, 3.05) is 19.7 Å². The molecular weight excluding hydrogens is 346 g/mol. The van der Waals surface area contributed by atoms with Gasteiger partial charge in [-0.25, -0.2) is 9.48 Å². The third-order valence-electron chi connectivity index (χ3n) is 4.72. The average molecular weight is 371 g/mol. The molecule has 1 aromatic heterocycles. The zero-order valence-electron chi connectivity index (χ0n) is 15.7. The number of hydrogen-bond donors (Lipinski definition) is 2. The summed E-state index contributed by atoms with van der Waals surface area (Å²) in [4.78, 5) is 24.1. The number of aromatic nitrogens is 3. The van der Waals surface area contributed by atoms with Gasteiger partial charge in [0.15, 0.2) is 5.69 Å². The second-order valence-electron chi connectivity index (χ2n) is 6.55. The molecule has 0 aliphatic carbocycles. The lowest BCUT2D eigenvalue weighted by Crippen LogP contribution is -2.30. The molecule has 27 heavy (non-hydrogen) atoms. The fourth-order valence-electron chi connectivity index (χ4n) is 3.19. The standard InChI is InChI=1S/C19H25N5O3/c1-3-27-19(26)15-6-4-14(5-7-15)12-21-18(25)17-13(2)24(23-22-17)16-8-10-20-11-9-16/h4-7,16,20H,3,8-12H2,1-2H3,(H,21,25). The van der Waals surface area contributed by atoms with Crippen LogP contribution in [0.3, 0.4) is 0 Å². The summed E-state index contributed by atoms with van der Waals surface area (Å²) in [5.41, 5.74) is 2.53. The van der Waals surface area contributed by atoms with E-state index in [9.17, 15) is 9.59 Å². The maximum absolute atomic E-state index is 12.5. The zero-order chi connectivity index (χ0) is 19.2. The van der Waals surface area contributed by atoms with E-state index in [0.29, 0.717) is 24.4 Å². The van der Waals surface area contributed by atoms with Gasteiger partial charge in [-0.2, -0.15) is 0 Å². The van der Waals surface area contributed by atoms with Crippen molar-refractivity contribution in [2.24, 2.45) is 0 Å². The van der Waals surface area contributed by atoms with Crippen LogP contribution >= 0.6 is 0 Å². The number of carbonyl (C=O) groups is 2. The van der Waals surface area contributed by atoms with E-state index < -0.39 is 0 Å². The molecule has 1 aliphatic rings. The van der Waals surface area contributed by atoms with Crippen LogP contribution in [0.5, 0.6) is 0 Å². The van der Waals surface area contributed by atoms with Crippen molar-refractivity contribution in [2.45, 2.75) is 39.3 Å². The lowest BCUT2D eigenvalue weighted by atomic mass is 10.1. The SMILES string of the molecule is CCOC(=O)c1ccc(CNC(=O)c2nnn(C3CCNCC3)c2C)cc1. The van der Waals surface area contributed by atoms with E-state index in [1.165, 1.54) is 0 Å². The molecular formula is C19H25N5O3. The molecule has 1 aromatic carbocycles. The van der Waals surface area contributed by atoms with E-state index in [1.807, 2.05) is 11.6 Å². The monoisotopic (exact) mass is 371 g/mol. The van der Waals surface area contributed by atoms with Gasteiger partial charge in [-0.3, -0.25) is 4.79 Å². The second kappa shape index (κ2) is 8.77. The fourth-order valence-corrected chi connectivity index (χ4v) is 3.19. The van der Waals surface area contributed by atoms with Crippen molar-refractivity contribution >= 4 is 11.9 Å². The van der Waals surface area contributed by atoms with Gasteiger partial charge < -0.3 is 15.4 Å². The van der Waals surface area contributed by atoms with Crippen molar-refractivity contribution in [3.8, 4) is 0 Å². The number of hydrogen-bond acceptors (Lipinski definition) is 6. The van der Waals surface area contributed by atoms with E-state index in [0.717, 1.165) is 37.2 Å². The molecule has 3 rings (SSSR count). The number of ether oxygens (including phenoxy) is 1. The Morgan fingerprint density at radius 3 is 2.63 bits per heavy atom. The Balaban J connectivity index is 1.59. The Kier molecular flexibility index (Phi) is 6.18. The Morgan fingerprint density at radius 2 is 1.96 bits per heavy atom. The molecule has 144 valence electrons. The Bertz CT molecular complexity index is 794. The zero-order valence-corrected chi connectivity index (χ0v) is 15.7. The van der Waals surface area contributed by atoms with Gasteiger partial charge in [0.2, 0.25) is 0 Å². The van der Waals surface area contributed by atoms with E-state index in [4.69, 9.17) is 4.74 Å². The number of nitrogens with one attached hydrogen (secondary N) is 2. The Labute approximate surface area is 158 Å². The molecule has 0 spiro atoms. The van der Waals surface area contributed by atoms with Gasteiger partial charge in [0.1, 0.15) is 0 Å². The number of rotatable bonds is 6. The summed E-state index contributed by atoms with van der Waals surface area (Å²) in [6.07, 6.45) is 1.97. The predicted octanol–water partition coefficient (Wildman–Crippen LogP) is 1.62. The molecule has 0 saturated carbocycles. The summed E-state index contributed by atoms with van der Waals surface area (Å²) in [7, 11) is 0. The summed E-state index contributed by atoms with van der Waals surface area (Å²) in [5, 5.41) is 14.5. The smallest absolute Gasteiger partial charge is 0.338 e. The van der Waals surface area contributed by atoms with Gasteiger partial charge in [-0.1, -0.05) is 17.3 Å². The van der Waals surface area contributed by atoms with E-state index in [-0.39, 0.29) is 17.9 Å². The van der Waals surface area contributed by atoms with Crippen LogP contribution < -0.4 is 10.6 Å². The van der Waals surface area contributed by atoms with Crippen LogP contribution in [0, 0.1) is 6.92 Å². The number of piperidine rings is 1. The van der Waals surface area contributed by atoms with Crippen LogP contribution in [0.2, 0.25) is 0 Å². The normalized spacial score (nSPS) is 14.7. The first-order chi connectivity index (χ1) is 13.1. The van der Waals surface area contributed by atoms with Crippen LogP contribution in [-0.2, 0) is 11.3 Å². The molecule has 1 fully saturated rings. The highest BCUT2D eigenvalue weighted by Gasteiger charge is 2.22. The molecule has 2 heterocycles. The van der Waals surface area contributed by atoms with E-state index in [2.05, 4.69) is 20.9 Å². The van der Waals surface area contributed by atoms with E-state index >= 15 is 0 Å². The second-order valence-corrected chi connectivity index (χ2v) is 6.55. The first kappa shape index (κ1) is 19.0. The molecule has 1 amide bonds. The van der Waals surface area contributed by atoms with Crippen LogP contribution in [0.25, 0.3) is 0 Å². The number of carbonyl (C=O) groups excluding carboxylic acids is 2. The molecule has 1 saturated heterocycles. The van der Waals surface area contributed by atoms with Crippen LogP contribution in [0.1, 0.15) is 57.9 Å². The Hall–Kier alpha value is -2.74. The van der Waals surface area contributed by atoms with Gasteiger partial charge in [0.25, 0.3) is 5.91 Å². The number of amides is 1. The van der Waals surface area contributed by atoms with Crippen LogP contribution in [-0.4, -0.2) is 46.6 Å². The molecule has 8 heteroatoms. The highest BCUT2D eigenvalue weighted by Crippen LogP contribution is 2.20. The molecule has 0 atom stereocenters. The molecule has 8 nitrogen and oxygen atoms in total. The topological polar surface area (TPSA) is 98.1 Å². The van der Waals surface area contributed by atoms with Crippen molar-refractivity contribution in [1.29, 1.82) is 0 Å². The lowest BCUT2D eigenvalue weighted by Gasteiger charge is -2.23. The summed E-state index contributed by atoms with van der Waals surface area (Å²) < 4.78 is 6.82. The highest BCUT2D eigenvalue weighted by molar-refractivity contribution is 5.93. The number of esters is 1. The third-order valence-corrected chi connectivity index (χ3v) is 4.72. The summed E-state index contributed by atoms with van der Waals surface area (Å²) in [5.74, 6) is -0.597. The van der Waals surface area contributed by atoms with Crippen molar-refractivity contribution in [1.82, 2.24) is 25.6 Å². The summed E-state index contributed by atoms with van der Waals surface area (Å²) >= 11 is 0. The van der Waals surface area contributed by atoms with Gasteiger partial charge in [-0.05, 0) is 57.5 Å². The number of nitrogens with zero attached hydrogens (tertiary/aromatic N) is 3. The maximum atomic E-state index is 12.5. The minimum absolute atomic E-state index is 0.248. The maximum Gasteiger partial charge on any atom is 0.338 e. The average Bonchev–Trinajstić information content (AvgIpc) is 3.09. The van der Waals surface area contributed by atoms with Crippen LogP contribution in [0.4, 0.5) is 0 Å². The van der Waals surface area contributed by atoms with Gasteiger partial charge in [0, 0.05) is 6.54 Å². The number of benzene rings is 1. The minimum Gasteiger partial charge on any atom is -0.462 e. The lowest BCUT2D eigenvalue weighted by molar-refractivity contribution is 0.0526. The largest absolute Gasteiger partial charge is 0.462 e. The third kappa shape index (κ3) is 4.51. The molecule has 0 bridgehead atoms. The minimum atomic E-state index is -0.349. The van der Waals surface area contributed by atoms with Crippen LogP contribution in [0.15, 0.2) is 24.3 Å². The quantitative estimate of drug-likeness (QED) is 0.749. The van der Waals surface area contributed by atoms with Crippen molar-refractivity contribution in [3.05, 3.63) is 46.8 Å². The molecule has 2 N–H and O–H groups in total. The van der Waals surface area contributed by atoms with Crippen molar-refractivity contribution < 1.29 is 14.3 Å². The van der Waals surface area contributed by atoms with Crippen molar-refractivity contribution in [3.63, 3.8) is 0 Å². The predicted molar refractivity (Wildman–Crippen MR) is 99.5 cm³/mol. The van der Waals surface area contributed by atoms with E-state index in [1.54, 1.807) is 31.2 Å². The van der Waals surface area contributed by atoms with Gasteiger partial charge in [0.05, 0.1) is 23.9 Å². The summed E-state index contributed by atoms with van der Waals surface area (Å²) in [6.45, 7) is 6.24. The first-order valence-corrected chi connectivity index (χ1v) is 9.27. The highest BCUT2D eigenvalue weighted by atomic mass is 16.5. The van der Waals surface area contributed by atoms with Gasteiger partial charge >= 0.3 is 5.97 Å². The summed E-state index contributed by atoms with van der Waals surface area (Å²) in [6, 6.07) is 7.27.